The van der Waals surface area contributed by atoms with Crippen molar-refractivity contribution in [3.63, 3.8) is 0 Å². The van der Waals surface area contributed by atoms with Crippen LogP contribution in [0.3, 0.4) is 0 Å². The number of pyridine rings is 1. The number of hydrogen-bond acceptors (Lipinski definition) is 5. The lowest BCUT2D eigenvalue weighted by Gasteiger charge is -2.15. The Balaban J connectivity index is 2.21. The van der Waals surface area contributed by atoms with E-state index in [1.165, 1.54) is 18.2 Å². The molecular weight excluding hydrogens is 258 g/mol. The zero-order chi connectivity index (χ0) is 13.3. The van der Waals surface area contributed by atoms with Gasteiger partial charge in [0.05, 0.1) is 19.0 Å². The lowest BCUT2D eigenvalue weighted by molar-refractivity contribution is -0.117. The fourth-order valence-corrected chi connectivity index (χ4v) is 2.53. The smallest absolute Gasteiger partial charge is 0.228 e. The number of sulfonamides is 1. The van der Waals surface area contributed by atoms with Crippen molar-refractivity contribution < 1.29 is 17.9 Å². The van der Waals surface area contributed by atoms with Gasteiger partial charge in [-0.05, 0) is 6.07 Å². The average molecular weight is 271 g/mol. The summed E-state index contributed by atoms with van der Waals surface area (Å²) < 4.78 is 27.3. The summed E-state index contributed by atoms with van der Waals surface area (Å²) in [5.74, 6) is 0.148. The molecule has 1 fully saturated rings. The van der Waals surface area contributed by atoms with Gasteiger partial charge in [0.15, 0.2) is 0 Å². The van der Waals surface area contributed by atoms with Crippen LogP contribution in [0.2, 0.25) is 0 Å². The Bertz CT molecular complexity index is 555. The van der Waals surface area contributed by atoms with E-state index >= 15 is 0 Å². The second-order valence-electron chi connectivity index (χ2n) is 3.98. The highest BCUT2D eigenvalue weighted by atomic mass is 32.2. The van der Waals surface area contributed by atoms with E-state index in [1.807, 2.05) is 0 Å². The summed E-state index contributed by atoms with van der Waals surface area (Å²) in [4.78, 5) is 17.1. The van der Waals surface area contributed by atoms with Crippen LogP contribution < -0.4 is 14.8 Å². The van der Waals surface area contributed by atoms with Gasteiger partial charge in [-0.25, -0.2) is 18.5 Å². The van der Waals surface area contributed by atoms with Gasteiger partial charge in [-0.15, -0.1) is 0 Å². The molecule has 98 valence electrons. The number of rotatable bonds is 3. The zero-order valence-electron chi connectivity index (χ0n) is 9.74. The Kier molecular flexibility index (Phi) is 3.22. The molecule has 18 heavy (non-hydrogen) atoms. The maximum atomic E-state index is 11.7. The van der Waals surface area contributed by atoms with Crippen molar-refractivity contribution in [2.24, 2.45) is 5.14 Å². The Morgan fingerprint density at radius 2 is 2.22 bits per heavy atom. The van der Waals surface area contributed by atoms with E-state index in [1.54, 1.807) is 12.1 Å². The van der Waals surface area contributed by atoms with Gasteiger partial charge in [-0.1, -0.05) is 0 Å². The Labute approximate surface area is 105 Å². The topological polar surface area (TPSA) is 103 Å². The van der Waals surface area contributed by atoms with Crippen LogP contribution in [0.4, 0.5) is 5.69 Å². The molecule has 1 aromatic heterocycles. The predicted octanol–water partition coefficient (Wildman–Crippen LogP) is -0.516. The first-order valence-corrected chi connectivity index (χ1v) is 6.85. The summed E-state index contributed by atoms with van der Waals surface area (Å²) in [6.07, 6.45) is 1.37. The highest BCUT2D eigenvalue weighted by molar-refractivity contribution is 7.89. The molecule has 8 heteroatoms. The molecule has 1 atom stereocenters. The summed E-state index contributed by atoms with van der Waals surface area (Å²) >= 11 is 0. The van der Waals surface area contributed by atoms with Gasteiger partial charge >= 0.3 is 0 Å². The molecule has 0 aliphatic carbocycles. The van der Waals surface area contributed by atoms with E-state index in [0.717, 1.165) is 0 Å². The highest BCUT2D eigenvalue weighted by Gasteiger charge is 2.37. The number of carbonyl (C=O) groups excluding carboxylic acids is 1. The first-order valence-electron chi connectivity index (χ1n) is 5.24. The molecule has 0 radical (unpaired) electrons. The molecule has 0 saturated carbocycles. The van der Waals surface area contributed by atoms with Crippen LogP contribution in [0.25, 0.3) is 0 Å². The van der Waals surface area contributed by atoms with Crippen molar-refractivity contribution >= 4 is 21.6 Å². The van der Waals surface area contributed by atoms with Crippen LogP contribution >= 0.6 is 0 Å². The number of methoxy groups -OCH3 is 1. The molecule has 0 spiro atoms. The van der Waals surface area contributed by atoms with Crippen molar-refractivity contribution in [2.75, 3.05) is 18.6 Å². The summed E-state index contributed by atoms with van der Waals surface area (Å²) in [5.41, 5.74) is 0.534. The molecule has 1 saturated heterocycles. The average Bonchev–Trinajstić information content (AvgIpc) is 2.71. The lowest BCUT2D eigenvalue weighted by atomic mass is 10.4. The molecule has 7 nitrogen and oxygen atoms in total. The molecule has 1 amide bonds. The normalized spacial score (nSPS) is 20.2. The first kappa shape index (κ1) is 12.8. The second kappa shape index (κ2) is 4.54. The molecule has 1 aliphatic heterocycles. The summed E-state index contributed by atoms with van der Waals surface area (Å²) in [5, 5.41) is 4.19. The van der Waals surface area contributed by atoms with Crippen molar-refractivity contribution in [2.45, 2.75) is 11.7 Å². The molecule has 2 heterocycles. The van der Waals surface area contributed by atoms with Gasteiger partial charge in [0.2, 0.25) is 21.8 Å². The molecule has 1 aliphatic rings. The predicted molar refractivity (Wildman–Crippen MR) is 64.7 cm³/mol. The lowest BCUT2D eigenvalue weighted by Crippen LogP contribution is -2.32. The summed E-state index contributed by atoms with van der Waals surface area (Å²) in [7, 11) is -2.21. The fraction of sp³-hybridized carbons (Fsp3) is 0.400. The van der Waals surface area contributed by atoms with Crippen LogP contribution in [-0.2, 0) is 14.8 Å². The molecular formula is C10H13N3O4S. The molecule has 1 aromatic rings. The third-order valence-electron chi connectivity index (χ3n) is 2.80. The molecule has 2 N–H and O–H groups in total. The maximum Gasteiger partial charge on any atom is 0.228 e. The minimum Gasteiger partial charge on any atom is -0.481 e. The van der Waals surface area contributed by atoms with Gasteiger partial charge in [0.25, 0.3) is 0 Å². The number of anilines is 1. The molecule has 0 bridgehead atoms. The number of primary sulfonamides is 1. The van der Waals surface area contributed by atoms with E-state index in [0.29, 0.717) is 11.6 Å². The van der Waals surface area contributed by atoms with Crippen LogP contribution in [0, 0.1) is 0 Å². The van der Waals surface area contributed by atoms with Gasteiger partial charge in [0.1, 0.15) is 5.25 Å². The van der Waals surface area contributed by atoms with Gasteiger partial charge < -0.3 is 9.64 Å². The van der Waals surface area contributed by atoms with Crippen LogP contribution in [0.15, 0.2) is 18.3 Å². The number of amides is 1. The standard InChI is InChI=1S/C10H13N3O4S/c1-17-9-3-2-7(5-12-9)13-6-8(4-10(13)14)18(11,15)16/h2-3,5,8H,4,6H2,1H3,(H2,11,15,16). The van der Waals surface area contributed by atoms with Gasteiger partial charge in [0, 0.05) is 19.0 Å². The fourth-order valence-electron chi connectivity index (χ4n) is 1.80. The Morgan fingerprint density at radius 3 is 2.67 bits per heavy atom. The Morgan fingerprint density at radius 1 is 1.50 bits per heavy atom. The van der Waals surface area contributed by atoms with Crippen molar-refractivity contribution in [1.82, 2.24) is 4.98 Å². The minimum atomic E-state index is -3.70. The first-order chi connectivity index (χ1) is 8.41. The number of nitrogens with zero attached hydrogens (tertiary/aromatic N) is 2. The van der Waals surface area contributed by atoms with Crippen molar-refractivity contribution in [3.8, 4) is 5.88 Å². The highest BCUT2D eigenvalue weighted by Crippen LogP contribution is 2.24. The van der Waals surface area contributed by atoms with E-state index in [4.69, 9.17) is 9.88 Å². The summed E-state index contributed by atoms with van der Waals surface area (Å²) in [6.45, 7) is 0.0612. The number of hydrogen-bond donors (Lipinski definition) is 1. The number of aromatic nitrogens is 1. The Hall–Kier alpha value is -1.67. The summed E-state index contributed by atoms with van der Waals surface area (Å²) in [6, 6.07) is 3.25. The molecule has 1 unspecified atom stereocenters. The molecule has 2 rings (SSSR count). The third kappa shape index (κ3) is 2.44. The van der Waals surface area contributed by atoms with Crippen molar-refractivity contribution in [1.29, 1.82) is 0 Å². The zero-order valence-corrected chi connectivity index (χ0v) is 10.6. The second-order valence-corrected chi connectivity index (χ2v) is 5.82. The minimum absolute atomic E-state index is 0.0612. The quantitative estimate of drug-likeness (QED) is 0.797. The van der Waals surface area contributed by atoms with Crippen LogP contribution in [-0.4, -0.2) is 38.2 Å². The van der Waals surface area contributed by atoms with Gasteiger partial charge in [-0.2, -0.15) is 0 Å². The number of ether oxygens (including phenoxy) is 1. The number of nitrogens with two attached hydrogens (primary N) is 1. The van der Waals surface area contributed by atoms with E-state index < -0.39 is 15.3 Å². The van der Waals surface area contributed by atoms with E-state index in [-0.39, 0.29) is 18.9 Å². The van der Waals surface area contributed by atoms with Gasteiger partial charge in [-0.3, -0.25) is 4.79 Å². The molecule has 0 aromatic carbocycles. The SMILES string of the molecule is COc1ccc(N2CC(S(N)(=O)=O)CC2=O)cn1. The van der Waals surface area contributed by atoms with E-state index in [2.05, 4.69) is 4.98 Å². The van der Waals surface area contributed by atoms with E-state index in [9.17, 15) is 13.2 Å². The third-order valence-corrected chi connectivity index (χ3v) is 4.04. The monoisotopic (exact) mass is 271 g/mol. The van der Waals surface area contributed by atoms with Crippen LogP contribution in [0.1, 0.15) is 6.42 Å². The number of carbonyl (C=O) groups is 1. The van der Waals surface area contributed by atoms with Crippen LogP contribution in [0.5, 0.6) is 5.88 Å². The maximum absolute atomic E-state index is 11.7. The van der Waals surface area contributed by atoms with Crippen molar-refractivity contribution in [3.05, 3.63) is 18.3 Å². The largest absolute Gasteiger partial charge is 0.481 e.